The third-order valence-electron chi connectivity index (χ3n) is 3.73. The lowest BCUT2D eigenvalue weighted by Crippen LogP contribution is -2.45. The van der Waals surface area contributed by atoms with E-state index < -0.39 is 15.3 Å². The molecule has 2 aliphatic rings. The summed E-state index contributed by atoms with van der Waals surface area (Å²) in [6, 6.07) is 6.61. The summed E-state index contributed by atoms with van der Waals surface area (Å²) >= 11 is 0. The Morgan fingerprint density at radius 1 is 1.18 bits per heavy atom. The van der Waals surface area contributed by atoms with E-state index in [1.807, 2.05) is 0 Å². The van der Waals surface area contributed by atoms with Gasteiger partial charge in [-0.1, -0.05) is 18.6 Å². The Morgan fingerprint density at radius 3 is 2.53 bits per heavy atom. The van der Waals surface area contributed by atoms with Gasteiger partial charge in [0.2, 0.25) is 5.91 Å². The number of nitrogens with one attached hydrogen (secondary N) is 1. The third-order valence-corrected chi connectivity index (χ3v) is 5.69. The van der Waals surface area contributed by atoms with Gasteiger partial charge in [-0.05, 0) is 25.0 Å². The van der Waals surface area contributed by atoms with E-state index in [2.05, 4.69) is 5.32 Å². The molecule has 90 valence electrons. The number of carbonyl (C=O) groups excluding carboxylic acids is 1. The normalized spacial score (nSPS) is 24.4. The number of para-hydroxylation sites is 1. The minimum atomic E-state index is -3.36. The van der Waals surface area contributed by atoms with E-state index in [1.54, 1.807) is 24.3 Å². The van der Waals surface area contributed by atoms with E-state index >= 15 is 0 Å². The van der Waals surface area contributed by atoms with Gasteiger partial charge in [-0.3, -0.25) is 4.79 Å². The van der Waals surface area contributed by atoms with Crippen LogP contribution in [0.25, 0.3) is 0 Å². The van der Waals surface area contributed by atoms with Gasteiger partial charge in [-0.2, -0.15) is 0 Å². The number of benzene rings is 1. The molecule has 1 saturated carbocycles. The van der Waals surface area contributed by atoms with Gasteiger partial charge in [0, 0.05) is 0 Å². The Balaban J connectivity index is 2.17. The Bertz CT molecular complexity index is 588. The van der Waals surface area contributed by atoms with Crippen molar-refractivity contribution < 1.29 is 13.2 Å². The summed E-state index contributed by atoms with van der Waals surface area (Å²) in [7, 11) is -3.36. The zero-order valence-corrected chi connectivity index (χ0v) is 10.1. The number of fused-ring (bicyclic) bond motifs is 1. The molecule has 3 rings (SSSR count). The van der Waals surface area contributed by atoms with Crippen LogP contribution in [0, 0.1) is 5.41 Å². The monoisotopic (exact) mass is 251 g/mol. The van der Waals surface area contributed by atoms with Crippen molar-refractivity contribution in [3.63, 3.8) is 0 Å². The largest absolute Gasteiger partial charge is 0.324 e. The van der Waals surface area contributed by atoms with Crippen LogP contribution >= 0.6 is 0 Å². The predicted molar refractivity (Wildman–Crippen MR) is 63.4 cm³/mol. The van der Waals surface area contributed by atoms with Crippen molar-refractivity contribution >= 4 is 21.4 Å². The van der Waals surface area contributed by atoms with Gasteiger partial charge in [0.05, 0.1) is 21.8 Å². The first-order valence-corrected chi connectivity index (χ1v) is 7.32. The molecule has 1 heterocycles. The highest BCUT2D eigenvalue weighted by Crippen LogP contribution is 2.46. The fourth-order valence-corrected chi connectivity index (χ4v) is 4.62. The average Bonchev–Trinajstić information content (AvgIpc) is 2.32. The molecule has 0 unspecified atom stereocenters. The summed E-state index contributed by atoms with van der Waals surface area (Å²) < 4.78 is 24.5. The summed E-state index contributed by atoms with van der Waals surface area (Å²) in [5, 5.41) is 2.75. The average molecular weight is 251 g/mol. The highest BCUT2D eigenvalue weighted by molar-refractivity contribution is 7.91. The van der Waals surface area contributed by atoms with Crippen LogP contribution in [0.3, 0.4) is 0 Å². The first-order chi connectivity index (χ1) is 8.04. The molecular weight excluding hydrogens is 238 g/mol. The van der Waals surface area contributed by atoms with E-state index in [0.717, 1.165) is 6.42 Å². The van der Waals surface area contributed by atoms with Crippen LogP contribution in [-0.4, -0.2) is 20.1 Å². The molecule has 4 nitrogen and oxygen atoms in total. The van der Waals surface area contributed by atoms with Crippen molar-refractivity contribution in [2.45, 2.75) is 24.2 Å². The fraction of sp³-hybridized carbons (Fsp3) is 0.417. The van der Waals surface area contributed by atoms with Crippen molar-refractivity contribution in [3.05, 3.63) is 24.3 Å². The first kappa shape index (κ1) is 10.8. The van der Waals surface area contributed by atoms with Crippen LogP contribution in [0.1, 0.15) is 19.3 Å². The van der Waals surface area contributed by atoms with Gasteiger partial charge in [0.1, 0.15) is 0 Å². The zero-order valence-electron chi connectivity index (χ0n) is 9.27. The molecule has 0 atom stereocenters. The van der Waals surface area contributed by atoms with E-state index in [0.29, 0.717) is 18.5 Å². The highest BCUT2D eigenvalue weighted by Gasteiger charge is 2.49. The van der Waals surface area contributed by atoms with Gasteiger partial charge in [0.25, 0.3) is 0 Å². The van der Waals surface area contributed by atoms with E-state index in [1.165, 1.54) is 0 Å². The van der Waals surface area contributed by atoms with Gasteiger partial charge >= 0.3 is 0 Å². The van der Waals surface area contributed by atoms with Crippen molar-refractivity contribution in [1.29, 1.82) is 0 Å². The summed E-state index contributed by atoms with van der Waals surface area (Å²) in [4.78, 5) is 12.3. The number of carbonyl (C=O) groups is 1. The maximum atomic E-state index is 12.3. The number of hydrogen-bond donors (Lipinski definition) is 1. The molecular formula is C12H13NO3S. The Hall–Kier alpha value is -1.36. The molecule has 17 heavy (non-hydrogen) atoms. The molecule has 1 aromatic carbocycles. The molecule has 0 radical (unpaired) electrons. The van der Waals surface area contributed by atoms with Crippen molar-refractivity contribution in [1.82, 2.24) is 0 Å². The van der Waals surface area contributed by atoms with Crippen LogP contribution < -0.4 is 5.32 Å². The number of anilines is 1. The Morgan fingerprint density at radius 2 is 1.88 bits per heavy atom. The minimum Gasteiger partial charge on any atom is -0.324 e. The Labute approximate surface area is 99.9 Å². The molecule has 1 amide bonds. The molecule has 0 aromatic heterocycles. The molecule has 5 heteroatoms. The SMILES string of the molecule is O=C1Nc2ccccc2S(=O)(=O)CC12CCC2. The van der Waals surface area contributed by atoms with Gasteiger partial charge in [-0.15, -0.1) is 0 Å². The Kier molecular flexibility index (Phi) is 2.10. The molecule has 1 aromatic rings. The standard InChI is InChI=1S/C12H13NO3S/c14-11-12(6-3-7-12)8-17(15,16)10-5-2-1-4-9(10)13-11/h1-2,4-5H,3,6-8H2,(H,13,14). The zero-order chi connectivity index (χ0) is 12.1. The van der Waals surface area contributed by atoms with Crippen molar-refractivity contribution in [2.24, 2.45) is 5.41 Å². The lowest BCUT2D eigenvalue weighted by atomic mass is 9.69. The number of amides is 1. The fourth-order valence-electron chi connectivity index (χ4n) is 2.58. The van der Waals surface area contributed by atoms with E-state index in [9.17, 15) is 13.2 Å². The molecule has 1 aliphatic heterocycles. The molecule has 1 aliphatic carbocycles. The summed E-state index contributed by atoms with van der Waals surface area (Å²) in [6.07, 6.45) is 2.28. The molecule has 1 fully saturated rings. The second kappa shape index (κ2) is 3.32. The number of sulfone groups is 1. The number of hydrogen-bond acceptors (Lipinski definition) is 3. The lowest BCUT2D eigenvalue weighted by Gasteiger charge is -2.38. The smallest absolute Gasteiger partial charge is 0.231 e. The maximum Gasteiger partial charge on any atom is 0.231 e. The van der Waals surface area contributed by atoms with Crippen molar-refractivity contribution in [3.8, 4) is 0 Å². The number of rotatable bonds is 0. The van der Waals surface area contributed by atoms with Gasteiger partial charge in [-0.25, -0.2) is 8.42 Å². The second-order valence-corrected chi connectivity index (χ2v) is 6.80. The molecule has 1 spiro atoms. The topological polar surface area (TPSA) is 63.2 Å². The molecule has 0 bridgehead atoms. The lowest BCUT2D eigenvalue weighted by molar-refractivity contribution is -0.128. The van der Waals surface area contributed by atoms with E-state index in [-0.39, 0.29) is 16.6 Å². The van der Waals surface area contributed by atoms with Crippen LogP contribution in [-0.2, 0) is 14.6 Å². The van der Waals surface area contributed by atoms with Gasteiger partial charge in [0.15, 0.2) is 9.84 Å². The maximum absolute atomic E-state index is 12.3. The molecule has 0 saturated heterocycles. The minimum absolute atomic E-state index is 0.0527. The van der Waals surface area contributed by atoms with Crippen LogP contribution in [0.15, 0.2) is 29.2 Å². The third kappa shape index (κ3) is 1.49. The first-order valence-electron chi connectivity index (χ1n) is 5.67. The second-order valence-electron chi connectivity index (χ2n) is 4.84. The highest BCUT2D eigenvalue weighted by atomic mass is 32.2. The summed E-state index contributed by atoms with van der Waals surface area (Å²) in [5.74, 6) is -0.194. The summed E-state index contributed by atoms with van der Waals surface area (Å²) in [6.45, 7) is 0. The van der Waals surface area contributed by atoms with Crippen LogP contribution in [0.4, 0.5) is 5.69 Å². The van der Waals surface area contributed by atoms with Crippen LogP contribution in [0.2, 0.25) is 0 Å². The summed E-state index contributed by atoms with van der Waals surface area (Å²) in [5.41, 5.74) is -0.265. The quantitative estimate of drug-likeness (QED) is 0.761. The predicted octanol–water partition coefficient (Wildman–Crippen LogP) is 1.58. The van der Waals surface area contributed by atoms with E-state index in [4.69, 9.17) is 0 Å². The van der Waals surface area contributed by atoms with Crippen LogP contribution in [0.5, 0.6) is 0 Å². The molecule has 1 N–H and O–H groups in total. The van der Waals surface area contributed by atoms with Crippen molar-refractivity contribution in [2.75, 3.05) is 11.1 Å². The van der Waals surface area contributed by atoms with Gasteiger partial charge < -0.3 is 5.32 Å².